The fourth-order valence-electron chi connectivity index (χ4n) is 1.58. The van der Waals surface area contributed by atoms with Crippen LogP contribution in [0.25, 0.3) is 0 Å². The monoisotopic (exact) mass is 270 g/mol. The average molecular weight is 271 g/mol. The van der Waals surface area contributed by atoms with Gasteiger partial charge in [0, 0.05) is 17.5 Å². The van der Waals surface area contributed by atoms with E-state index in [0.717, 1.165) is 0 Å². The largest absolute Gasteiger partial charge is 0.303 e. The van der Waals surface area contributed by atoms with Crippen LogP contribution in [0.1, 0.15) is 11.1 Å². The first-order valence-electron chi connectivity index (χ1n) is 5.20. The molecule has 0 bridgehead atoms. The zero-order chi connectivity index (χ0) is 13.1. The van der Waals surface area contributed by atoms with Crippen LogP contribution in [0.2, 0.25) is 5.15 Å². The van der Waals surface area contributed by atoms with Crippen molar-refractivity contribution in [1.29, 1.82) is 0 Å². The maximum atomic E-state index is 13.4. The molecule has 2 rings (SSSR count). The van der Waals surface area contributed by atoms with Crippen molar-refractivity contribution in [2.75, 3.05) is 0 Å². The number of hydrogen-bond donors (Lipinski definition) is 0. The zero-order valence-electron chi connectivity index (χ0n) is 9.24. The molecular weight excluding hydrogens is 262 g/mol. The van der Waals surface area contributed by atoms with Gasteiger partial charge in [-0.15, -0.1) is 0 Å². The van der Waals surface area contributed by atoms with Crippen LogP contribution in [0.3, 0.4) is 0 Å². The second-order valence-electron chi connectivity index (χ2n) is 3.69. The summed E-state index contributed by atoms with van der Waals surface area (Å²) in [6.45, 7) is -0.115. The summed E-state index contributed by atoms with van der Waals surface area (Å²) in [4.78, 5) is 10.4. The summed E-state index contributed by atoms with van der Waals surface area (Å²) in [6.07, 6.45) is 2.23. The average Bonchev–Trinajstić information content (AvgIpc) is 2.67. The minimum Gasteiger partial charge on any atom is -0.303 e. The SMILES string of the molecule is O=CCc1cnn(Cc2c(F)cccc2F)c1Cl. The predicted octanol–water partition coefficient (Wildman–Crippen LogP) is 2.60. The van der Waals surface area contributed by atoms with Crippen molar-refractivity contribution in [3.63, 3.8) is 0 Å². The Morgan fingerprint density at radius 3 is 2.61 bits per heavy atom. The first-order valence-corrected chi connectivity index (χ1v) is 5.58. The van der Waals surface area contributed by atoms with Gasteiger partial charge in [0.25, 0.3) is 0 Å². The van der Waals surface area contributed by atoms with Gasteiger partial charge in [-0.1, -0.05) is 17.7 Å². The van der Waals surface area contributed by atoms with Crippen LogP contribution in [0.15, 0.2) is 24.4 Å². The Kier molecular flexibility index (Phi) is 3.72. The highest BCUT2D eigenvalue weighted by Gasteiger charge is 2.13. The summed E-state index contributed by atoms with van der Waals surface area (Å²) in [5.74, 6) is -1.31. The van der Waals surface area contributed by atoms with Crippen LogP contribution in [0.4, 0.5) is 8.78 Å². The summed E-state index contributed by atoms with van der Waals surface area (Å²) in [5.41, 5.74) is 0.420. The fourth-order valence-corrected chi connectivity index (χ4v) is 1.81. The van der Waals surface area contributed by atoms with Crippen molar-refractivity contribution in [2.45, 2.75) is 13.0 Å². The molecule has 94 valence electrons. The van der Waals surface area contributed by atoms with Gasteiger partial charge in [0.2, 0.25) is 0 Å². The molecule has 0 unspecified atom stereocenters. The number of aromatic nitrogens is 2. The van der Waals surface area contributed by atoms with E-state index in [1.54, 1.807) is 0 Å². The van der Waals surface area contributed by atoms with Crippen molar-refractivity contribution in [3.8, 4) is 0 Å². The van der Waals surface area contributed by atoms with E-state index in [4.69, 9.17) is 11.6 Å². The molecule has 0 radical (unpaired) electrons. The minimum atomic E-state index is -0.654. The molecule has 1 aromatic heterocycles. The normalized spacial score (nSPS) is 10.6. The lowest BCUT2D eigenvalue weighted by Crippen LogP contribution is -2.06. The number of rotatable bonds is 4. The standard InChI is InChI=1S/C12H9ClF2N2O/c13-12-8(4-5-18)6-16-17(12)7-9-10(14)2-1-3-11(9)15/h1-3,5-6H,4,7H2. The number of halogens is 3. The number of hydrogen-bond acceptors (Lipinski definition) is 2. The lowest BCUT2D eigenvalue weighted by atomic mass is 10.2. The van der Waals surface area contributed by atoms with E-state index in [0.29, 0.717) is 11.8 Å². The van der Waals surface area contributed by atoms with Gasteiger partial charge in [0.15, 0.2) is 0 Å². The highest BCUT2D eigenvalue weighted by molar-refractivity contribution is 6.30. The third-order valence-corrected chi connectivity index (χ3v) is 2.96. The number of nitrogens with zero attached hydrogens (tertiary/aromatic N) is 2. The van der Waals surface area contributed by atoms with Crippen molar-refractivity contribution in [3.05, 3.63) is 52.3 Å². The molecule has 0 atom stereocenters. The molecule has 0 saturated heterocycles. The van der Waals surface area contributed by atoms with Gasteiger partial charge in [0.1, 0.15) is 23.1 Å². The molecule has 0 amide bonds. The zero-order valence-corrected chi connectivity index (χ0v) is 9.99. The Morgan fingerprint density at radius 1 is 1.33 bits per heavy atom. The minimum absolute atomic E-state index is 0.111. The van der Waals surface area contributed by atoms with E-state index in [-0.39, 0.29) is 23.7 Å². The van der Waals surface area contributed by atoms with Crippen LogP contribution in [0, 0.1) is 11.6 Å². The molecule has 18 heavy (non-hydrogen) atoms. The summed E-state index contributed by atoms with van der Waals surface area (Å²) < 4.78 is 28.1. The van der Waals surface area contributed by atoms with Crippen LogP contribution < -0.4 is 0 Å². The van der Waals surface area contributed by atoms with Gasteiger partial charge in [-0.2, -0.15) is 5.10 Å². The number of carbonyl (C=O) groups is 1. The number of aldehydes is 1. The van der Waals surface area contributed by atoms with Crippen molar-refractivity contribution in [1.82, 2.24) is 9.78 Å². The summed E-state index contributed by atoms with van der Waals surface area (Å²) >= 11 is 5.95. The third kappa shape index (κ3) is 2.41. The number of carbonyl (C=O) groups excluding carboxylic acids is 1. The van der Waals surface area contributed by atoms with Crippen molar-refractivity contribution >= 4 is 17.9 Å². The first-order chi connectivity index (χ1) is 8.63. The second-order valence-corrected chi connectivity index (χ2v) is 4.05. The summed E-state index contributed by atoms with van der Waals surface area (Å²) in [6, 6.07) is 3.63. The van der Waals surface area contributed by atoms with E-state index in [9.17, 15) is 13.6 Å². The smallest absolute Gasteiger partial charge is 0.131 e. The predicted molar refractivity (Wildman–Crippen MR) is 62.5 cm³/mol. The molecule has 0 aliphatic heterocycles. The van der Waals surface area contributed by atoms with Crippen LogP contribution in [0.5, 0.6) is 0 Å². The van der Waals surface area contributed by atoms with Gasteiger partial charge >= 0.3 is 0 Å². The lowest BCUT2D eigenvalue weighted by Gasteiger charge is -2.06. The van der Waals surface area contributed by atoms with E-state index in [2.05, 4.69) is 5.10 Å². The van der Waals surface area contributed by atoms with Crippen LogP contribution >= 0.6 is 11.6 Å². The molecule has 0 N–H and O–H groups in total. The maximum Gasteiger partial charge on any atom is 0.131 e. The Bertz CT molecular complexity index is 563. The molecule has 0 spiro atoms. The molecule has 2 aromatic rings. The highest BCUT2D eigenvalue weighted by Crippen LogP contribution is 2.19. The molecule has 1 aromatic carbocycles. The van der Waals surface area contributed by atoms with E-state index in [1.807, 2.05) is 0 Å². The Morgan fingerprint density at radius 2 is 2.00 bits per heavy atom. The van der Waals surface area contributed by atoms with E-state index < -0.39 is 11.6 Å². The second kappa shape index (κ2) is 5.27. The molecule has 0 saturated carbocycles. The molecule has 3 nitrogen and oxygen atoms in total. The Labute approximate surface area is 107 Å². The van der Waals surface area contributed by atoms with Crippen molar-refractivity contribution in [2.24, 2.45) is 0 Å². The fraction of sp³-hybridized carbons (Fsp3) is 0.167. The Balaban J connectivity index is 2.32. The van der Waals surface area contributed by atoms with Crippen LogP contribution in [-0.2, 0) is 17.8 Å². The summed E-state index contributed by atoms with van der Waals surface area (Å²) in [5, 5.41) is 4.12. The van der Waals surface area contributed by atoms with Crippen molar-refractivity contribution < 1.29 is 13.6 Å². The molecule has 0 aliphatic carbocycles. The van der Waals surface area contributed by atoms with Gasteiger partial charge in [-0.05, 0) is 12.1 Å². The van der Waals surface area contributed by atoms with Gasteiger partial charge < -0.3 is 4.79 Å². The molecule has 0 aliphatic rings. The third-order valence-electron chi connectivity index (χ3n) is 2.52. The molecule has 0 fully saturated rings. The van der Waals surface area contributed by atoms with Gasteiger partial charge in [-0.25, -0.2) is 13.5 Å². The quantitative estimate of drug-likeness (QED) is 0.801. The van der Waals surface area contributed by atoms with E-state index >= 15 is 0 Å². The highest BCUT2D eigenvalue weighted by atomic mass is 35.5. The van der Waals surface area contributed by atoms with Crippen LogP contribution in [-0.4, -0.2) is 16.1 Å². The van der Waals surface area contributed by atoms with Gasteiger partial charge in [-0.3, -0.25) is 0 Å². The molecule has 6 heteroatoms. The number of benzene rings is 1. The summed E-state index contributed by atoms with van der Waals surface area (Å²) in [7, 11) is 0. The Hall–Kier alpha value is -1.75. The maximum absolute atomic E-state index is 13.4. The molecular formula is C12H9ClF2N2O. The molecule has 1 heterocycles. The van der Waals surface area contributed by atoms with Gasteiger partial charge in [0.05, 0.1) is 12.7 Å². The topological polar surface area (TPSA) is 34.9 Å². The van der Waals surface area contributed by atoms with E-state index in [1.165, 1.54) is 29.1 Å². The first kappa shape index (κ1) is 12.7. The lowest BCUT2D eigenvalue weighted by molar-refractivity contribution is -0.107.